The predicted octanol–water partition coefficient (Wildman–Crippen LogP) is 1.72. The van der Waals surface area contributed by atoms with Crippen molar-refractivity contribution >= 4 is 5.71 Å². The number of hydrazone groups is 1. The monoisotopic (exact) mass is 128 g/mol. The molecule has 0 radical (unpaired) electrons. The molecule has 2 nitrogen and oxygen atoms in total. The number of hydrogen-bond donors (Lipinski definition) is 0. The van der Waals surface area contributed by atoms with Gasteiger partial charge in [-0.2, -0.15) is 5.10 Å². The maximum Gasteiger partial charge on any atom is 0.0411 e. The summed E-state index contributed by atoms with van der Waals surface area (Å²) in [5.74, 6) is 0. The van der Waals surface area contributed by atoms with Gasteiger partial charge in [0.05, 0.1) is 0 Å². The standard InChI is InChI=1S/C7H16N2/c1-6(2)8-9(5)7(3)4/h7H,1-5H3. The summed E-state index contributed by atoms with van der Waals surface area (Å²) < 4.78 is 0. The fourth-order valence-corrected chi connectivity index (χ4v) is 0.431. The van der Waals surface area contributed by atoms with Crippen LogP contribution in [0.3, 0.4) is 0 Å². The fourth-order valence-electron chi connectivity index (χ4n) is 0.431. The minimum absolute atomic E-state index is 0.500. The van der Waals surface area contributed by atoms with Crippen molar-refractivity contribution < 1.29 is 0 Å². The largest absolute Gasteiger partial charge is 0.298 e. The smallest absolute Gasteiger partial charge is 0.0411 e. The molecule has 0 aliphatic heterocycles. The van der Waals surface area contributed by atoms with Crippen LogP contribution in [0, 0.1) is 0 Å². The highest BCUT2D eigenvalue weighted by Crippen LogP contribution is 1.93. The molecule has 2 heteroatoms. The van der Waals surface area contributed by atoms with E-state index >= 15 is 0 Å². The first kappa shape index (κ1) is 8.47. The Morgan fingerprint density at radius 1 is 1.33 bits per heavy atom. The zero-order chi connectivity index (χ0) is 7.44. The molecule has 0 bridgehead atoms. The second-order valence-electron chi connectivity index (χ2n) is 2.71. The van der Waals surface area contributed by atoms with Crippen molar-refractivity contribution in [3.8, 4) is 0 Å². The molecule has 0 aromatic rings. The first-order chi connectivity index (χ1) is 4.04. The molecule has 0 N–H and O–H groups in total. The molecule has 9 heavy (non-hydrogen) atoms. The number of nitrogens with zero attached hydrogens (tertiary/aromatic N) is 2. The SMILES string of the molecule is CC(C)=NN(C)C(C)C. The minimum atomic E-state index is 0.500. The summed E-state index contributed by atoms with van der Waals surface area (Å²) in [6.45, 7) is 8.23. The third kappa shape index (κ3) is 4.01. The normalized spacial score (nSPS) is 9.56. The molecular formula is C7H16N2. The Bertz CT molecular complexity index is 101. The van der Waals surface area contributed by atoms with Crippen molar-refractivity contribution in [2.24, 2.45) is 5.10 Å². The molecule has 0 amide bonds. The third-order valence-corrected chi connectivity index (χ3v) is 1.11. The van der Waals surface area contributed by atoms with Crippen LogP contribution in [0.1, 0.15) is 27.7 Å². The van der Waals surface area contributed by atoms with Gasteiger partial charge in [0.15, 0.2) is 0 Å². The van der Waals surface area contributed by atoms with Gasteiger partial charge in [-0.3, -0.25) is 5.01 Å². The second-order valence-corrected chi connectivity index (χ2v) is 2.71. The van der Waals surface area contributed by atoms with Crippen molar-refractivity contribution in [1.29, 1.82) is 0 Å². The summed E-state index contributed by atoms with van der Waals surface area (Å²) in [4.78, 5) is 0. The average Bonchev–Trinajstić information content (AvgIpc) is 1.63. The number of hydrogen-bond acceptors (Lipinski definition) is 2. The van der Waals surface area contributed by atoms with E-state index < -0.39 is 0 Å². The van der Waals surface area contributed by atoms with Gasteiger partial charge in [0.25, 0.3) is 0 Å². The lowest BCUT2D eigenvalue weighted by molar-refractivity contribution is 0.288. The minimum Gasteiger partial charge on any atom is -0.298 e. The van der Waals surface area contributed by atoms with Crippen molar-refractivity contribution in [2.45, 2.75) is 33.7 Å². The molecule has 0 rings (SSSR count). The molecule has 54 valence electrons. The molecule has 0 unspecified atom stereocenters. The lowest BCUT2D eigenvalue weighted by atomic mass is 10.4. The average molecular weight is 128 g/mol. The van der Waals surface area contributed by atoms with Crippen LogP contribution in [-0.4, -0.2) is 23.8 Å². The molecule has 0 heterocycles. The topological polar surface area (TPSA) is 15.6 Å². The molecule has 0 aliphatic carbocycles. The first-order valence-corrected chi connectivity index (χ1v) is 3.28. The van der Waals surface area contributed by atoms with Gasteiger partial charge < -0.3 is 0 Å². The highest BCUT2D eigenvalue weighted by atomic mass is 15.4. The van der Waals surface area contributed by atoms with E-state index in [4.69, 9.17) is 0 Å². The lowest BCUT2D eigenvalue weighted by Gasteiger charge is -2.17. The van der Waals surface area contributed by atoms with Crippen LogP contribution in [0.15, 0.2) is 5.10 Å². The zero-order valence-electron chi connectivity index (χ0n) is 6.97. The maximum atomic E-state index is 4.23. The van der Waals surface area contributed by atoms with Crippen LogP contribution < -0.4 is 0 Å². The van der Waals surface area contributed by atoms with E-state index in [-0.39, 0.29) is 0 Å². The summed E-state index contributed by atoms with van der Waals surface area (Å²) in [6, 6.07) is 0.500. The first-order valence-electron chi connectivity index (χ1n) is 3.28. The predicted molar refractivity (Wildman–Crippen MR) is 41.7 cm³/mol. The van der Waals surface area contributed by atoms with Gasteiger partial charge in [-0.15, -0.1) is 0 Å². The van der Waals surface area contributed by atoms with Gasteiger partial charge in [-0.1, -0.05) is 0 Å². The Labute approximate surface area is 57.6 Å². The fraction of sp³-hybridized carbons (Fsp3) is 0.857. The highest BCUT2D eigenvalue weighted by Gasteiger charge is 1.96. The van der Waals surface area contributed by atoms with E-state index in [0.29, 0.717) is 6.04 Å². The van der Waals surface area contributed by atoms with Gasteiger partial charge in [0, 0.05) is 18.8 Å². The van der Waals surface area contributed by atoms with E-state index in [0.717, 1.165) is 5.71 Å². The van der Waals surface area contributed by atoms with Crippen LogP contribution in [0.5, 0.6) is 0 Å². The Morgan fingerprint density at radius 3 is 1.89 bits per heavy atom. The Balaban J connectivity index is 3.76. The van der Waals surface area contributed by atoms with Crippen LogP contribution in [0.4, 0.5) is 0 Å². The molecular weight excluding hydrogens is 112 g/mol. The Hall–Kier alpha value is -0.530. The van der Waals surface area contributed by atoms with Crippen molar-refractivity contribution in [2.75, 3.05) is 7.05 Å². The van der Waals surface area contributed by atoms with E-state index in [2.05, 4.69) is 18.9 Å². The maximum absolute atomic E-state index is 4.23. The highest BCUT2D eigenvalue weighted by molar-refractivity contribution is 5.78. The molecule has 0 saturated heterocycles. The molecule has 0 saturated carbocycles. The van der Waals surface area contributed by atoms with Crippen molar-refractivity contribution in [3.63, 3.8) is 0 Å². The van der Waals surface area contributed by atoms with E-state index in [1.165, 1.54) is 0 Å². The Kier molecular flexibility index (Phi) is 3.28. The van der Waals surface area contributed by atoms with E-state index in [1.807, 2.05) is 25.9 Å². The van der Waals surface area contributed by atoms with Crippen LogP contribution in [-0.2, 0) is 0 Å². The molecule has 0 aromatic carbocycles. The summed E-state index contributed by atoms with van der Waals surface area (Å²) in [6.07, 6.45) is 0. The molecule has 0 aromatic heterocycles. The summed E-state index contributed by atoms with van der Waals surface area (Å²) in [5, 5.41) is 6.18. The molecule has 0 spiro atoms. The zero-order valence-corrected chi connectivity index (χ0v) is 6.97. The molecule has 0 atom stereocenters. The van der Waals surface area contributed by atoms with E-state index in [9.17, 15) is 0 Å². The summed E-state index contributed by atoms with van der Waals surface area (Å²) in [7, 11) is 1.98. The van der Waals surface area contributed by atoms with Crippen molar-refractivity contribution in [1.82, 2.24) is 5.01 Å². The molecule has 0 fully saturated rings. The van der Waals surface area contributed by atoms with Crippen LogP contribution in [0.2, 0.25) is 0 Å². The van der Waals surface area contributed by atoms with Crippen LogP contribution in [0.25, 0.3) is 0 Å². The Morgan fingerprint density at radius 2 is 1.78 bits per heavy atom. The van der Waals surface area contributed by atoms with Gasteiger partial charge in [0.1, 0.15) is 0 Å². The summed E-state index contributed by atoms with van der Waals surface area (Å²) >= 11 is 0. The lowest BCUT2D eigenvalue weighted by Crippen LogP contribution is -2.21. The quantitative estimate of drug-likeness (QED) is 0.408. The van der Waals surface area contributed by atoms with Gasteiger partial charge in [-0.25, -0.2) is 0 Å². The van der Waals surface area contributed by atoms with Gasteiger partial charge >= 0.3 is 0 Å². The number of rotatable bonds is 2. The third-order valence-electron chi connectivity index (χ3n) is 1.11. The van der Waals surface area contributed by atoms with Crippen LogP contribution >= 0.6 is 0 Å². The summed E-state index contributed by atoms with van der Waals surface area (Å²) in [5.41, 5.74) is 1.10. The molecule has 0 aliphatic rings. The van der Waals surface area contributed by atoms with Crippen molar-refractivity contribution in [3.05, 3.63) is 0 Å². The van der Waals surface area contributed by atoms with Gasteiger partial charge in [0.2, 0.25) is 0 Å². The van der Waals surface area contributed by atoms with E-state index in [1.54, 1.807) is 0 Å². The second kappa shape index (κ2) is 3.49. The van der Waals surface area contributed by atoms with Gasteiger partial charge in [-0.05, 0) is 27.7 Å².